The minimum absolute atomic E-state index is 0.0302. The average molecular weight is 559 g/mol. The predicted octanol–water partition coefficient (Wildman–Crippen LogP) is 2.51. The van der Waals surface area contributed by atoms with Gasteiger partial charge in [-0.3, -0.25) is 19.3 Å². The fraction of sp³-hybridized carbons (Fsp3) is 0.710. The zero-order chi connectivity index (χ0) is 29.1. The van der Waals surface area contributed by atoms with Crippen LogP contribution in [0.1, 0.15) is 71.3 Å². The summed E-state index contributed by atoms with van der Waals surface area (Å²) in [7, 11) is 1.69. The number of aliphatic hydroxyl groups is 1. The van der Waals surface area contributed by atoms with Crippen LogP contribution in [0.25, 0.3) is 0 Å². The van der Waals surface area contributed by atoms with Crippen molar-refractivity contribution in [1.82, 2.24) is 20.4 Å². The second-order valence-corrected chi connectivity index (χ2v) is 11.5. The van der Waals surface area contributed by atoms with E-state index in [0.29, 0.717) is 26.1 Å². The summed E-state index contributed by atoms with van der Waals surface area (Å²) in [6.45, 7) is 9.15. The molecule has 0 aliphatic carbocycles. The number of amides is 3. The van der Waals surface area contributed by atoms with E-state index in [4.69, 9.17) is 4.74 Å². The van der Waals surface area contributed by atoms with Gasteiger partial charge < -0.3 is 25.4 Å². The summed E-state index contributed by atoms with van der Waals surface area (Å²) in [5.41, 5.74) is 0.458. The Hall–Kier alpha value is -2.49. The van der Waals surface area contributed by atoms with Crippen molar-refractivity contribution < 1.29 is 24.2 Å². The third kappa shape index (κ3) is 8.04. The van der Waals surface area contributed by atoms with Crippen LogP contribution in [0.5, 0.6) is 0 Å². The molecule has 3 rings (SSSR count). The number of hydrogen-bond donors (Lipinski definition) is 3. The highest BCUT2D eigenvalue weighted by Gasteiger charge is 2.54. The van der Waals surface area contributed by atoms with Crippen LogP contribution in [0.15, 0.2) is 30.3 Å². The van der Waals surface area contributed by atoms with E-state index < -0.39 is 29.6 Å². The molecular weight excluding hydrogens is 508 g/mol. The Kier molecular flexibility index (Phi) is 12.4. The number of carbonyl (C=O) groups is 3. The molecule has 0 bridgehead atoms. The Bertz CT molecular complexity index is 960. The van der Waals surface area contributed by atoms with Crippen LogP contribution in [0.4, 0.5) is 0 Å². The summed E-state index contributed by atoms with van der Waals surface area (Å²) < 4.78 is 5.21. The normalized spacial score (nSPS) is 22.3. The van der Waals surface area contributed by atoms with Crippen LogP contribution in [0.2, 0.25) is 0 Å². The Balaban J connectivity index is 1.66. The van der Waals surface area contributed by atoms with E-state index >= 15 is 0 Å². The molecule has 2 fully saturated rings. The largest absolute Gasteiger partial charge is 0.391 e. The van der Waals surface area contributed by atoms with Gasteiger partial charge in [-0.1, -0.05) is 50.6 Å². The molecule has 1 aromatic carbocycles. The molecule has 2 aliphatic rings. The average Bonchev–Trinajstić information content (AvgIpc) is 3.51. The quantitative estimate of drug-likeness (QED) is 0.269. The van der Waals surface area contributed by atoms with Crippen molar-refractivity contribution in [3.8, 4) is 0 Å². The maximum Gasteiger partial charge on any atom is 0.243 e. The van der Waals surface area contributed by atoms with Gasteiger partial charge in [0.15, 0.2) is 0 Å². The first-order chi connectivity index (χ1) is 19.2. The van der Waals surface area contributed by atoms with Gasteiger partial charge in [0.2, 0.25) is 17.7 Å². The number of unbranched alkanes of at least 4 members (excludes halogenated alkanes) is 1. The van der Waals surface area contributed by atoms with Gasteiger partial charge in [-0.2, -0.15) is 0 Å². The van der Waals surface area contributed by atoms with E-state index in [2.05, 4.69) is 22.5 Å². The lowest BCUT2D eigenvalue weighted by Crippen LogP contribution is -2.56. The molecule has 0 unspecified atom stereocenters. The van der Waals surface area contributed by atoms with E-state index in [9.17, 15) is 19.5 Å². The van der Waals surface area contributed by atoms with Crippen molar-refractivity contribution in [3.05, 3.63) is 35.9 Å². The molecule has 2 heterocycles. The molecule has 0 saturated carbocycles. The van der Waals surface area contributed by atoms with Crippen molar-refractivity contribution in [2.75, 3.05) is 39.9 Å². The van der Waals surface area contributed by atoms with Gasteiger partial charge in [0.25, 0.3) is 0 Å². The van der Waals surface area contributed by atoms with E-state index in [1.54, 1.807) is 25.9 Å². The van der Waals surface area contributed by atoms with E-state index in [0.717, 1.165) is 57.2 Å². The maximum atomic E-state index is 13.7. The lowest BCUT2D eigenvalue weighted by molar-refractivity contribution is -0.143. The van der Waals surface area contributed by atoms with Crippen LogP contribution < -0.4 is 10.6 Å². The number of carbonyl (C=O) groups excluding carboxylic acids is 3. The Morgan fingerprint density at radius 3 is 2.55 bits per heavy atom. The summed E-state index contributed by atoms with van der Waals surface area (Å²) in [5, 5.41) is 17.2. The van der Waals surface area contributed by atoms with Crippen molar-refractivity contribution in [2.45, 2.75) is 95.9 Å². The van der Waals surface area contributed by atoms with Crippen LogP contribution in [-0.2, 0) is 25.5 Å². The Labute approximate surface area is 240 Å². The second kappa shape index (κ2) is 15.5. The van der Waals surface area contributed by atoms with Crippen molar-refractivity contribution in [1.29, 1.82) is 0 Å². The van der Waals surface area contributed by atoms with Gasteiger partial charge >= 0.3 is 0 Å². The van der Waals surface area contributed by atoms with Crippen LogP contribution in [-0.4, -0.2) is 96.3 Å². The summed E-state index contributed by atoms with van der Waals surface area (Å²) in [6, 6.07) is 8.45. The van der Waals surface area contributed by atoms with Gasteiger partial charge in [0.05, 0.1) is 12.1 Å². The van der Waals surface area contributed by atoms with Crippen LogP contribution >= 0.6 is 0 Å². The number of likely N-dealkylation sites (tertiary alicyclic amines) is 2. The molecule has 9 heteroatoms. The molecule has 2 aliphatic heterocycles. The third-order valence-electron chi connectivity index (χ3n) is 8.64. The zero-order valence-electron chi connectivity index (χ0n) is 24.9. The molecule has 224 valence electrons. The number of methoxy groups -OCH3 is 1. The number of aliphatic hydroxyl groups excluding tert-OH is 1. The number of nitrogens with zero attached hydrogens (tertiary/aromatic N) is 2. The highest BCUT2D eigenvalue weighted by Crippen LogP contribution is 2.39. The molecule has 0 aromatic heterocycles. The topological polar surface area (TPSA) is 111 Å². The molecular formula is C31H50N4O5. The van der Waals surface area contributed by atoms with Gasteiger partial charge in [0.1, 0.15) is 11.6 Å². The molecule has 9 nitrogen and oxygen atoms in total. The molecule has 0 radical (unpaired) electrons. The Morgan fingerprint density at radius 2 is 1.85 bits per heavy atom. The predicted molar refractivity (Wildman–Crippen MR) is 156 cm³/mol. The summed E-state index contributed by atoms with van der Waals surface area (Å²) >= 11 is 0. The standard InChI is InChI=1S/C31H50N4O5/c1-5-6-16-32-28(37)23(2)21-27(36)26(22-25-12-8-7-9-13-25)33-29(38)24(3)35-19-15-31(30(35)39)14-10-17-34(31)18-11-20-40-4/h7-9,12-13,23-24,26-27,36H,5-6,10-11,14-22H2,1-4H3,(H,32,37)(H,33,38)/t23-,24+,26+,27+,31-/m1/s1. The number of rotatable bonds is 16. The number of hydrogen-bond acceptors (Lipinski definition) is 6. The van der Waals surface area contributed by atoms with Crippen molar-refractivity contribution in [3.63, 3.8) is 0 Å². The lowest BCUT2D eigenvalue weighted by Gasteiger charge is -2.35. The molecule has 5 atom stereocenters. The molecule has 40 heavy (non-hydrogen) atoms. The zero-order valence-corrected chi connectivity index (χ0v) is 24.9. The van der Waals surface area contributed by atoms with Gasteiger partial charge in [-0.05, 0) is 64.0 Å². The maximum absolute atomic E-state index is 13.7. The monoisotopic (exact) mass is 558 g/mol. The number of ether oxygens (including phenoxy) is 1. The Morgan fingerprint density at radius 1 is 1.10 bits per heavy atom. The van der Waals surface area contributed by atoms with Crippen molar-refractivity contribution in [2.24, 2.45) is 5.92 Å². The highest BCUT2D eigenvalue weighted by atomic mass is 16.5. The fourth-order valence-corrected chi connectivity index (χ4v) is 6.13. The van der Waals surface area contributed by atoms with E-state index in [1.807, 2.05) is 30.3 Å². The minimum atomic E-state index is -0.921. The SMILES string of the molecule is CCCCNC(=O)[C@H](C)C[C@H](O)[C@H](Cc1ccccc1)NC(=O)[C@H](C)N1CC[C@]2(CCCN2CCCOC)C1=O. The minimum Gasteiger partial charge on any atom is -0.391 e. The molecule has 1 spiro atoms. The molecule has 1 aromatic rings. The molecule has 3 N–H and O–H groups in total. The van der Waals surface area contributed by atoms with Gasteiger partial charge in [-0.15, -0.1) is 0 Å². The lowest BCUT2D eigenvalue weighted by atomic mass is 9.93. The first-order valence-corrected chi connectivity index (χ1v) is 15.1. The van der Waals surface area contributed by atoms with E-state index in [1.165, 1.54) is 0 Å². The fourth-order valence-electron chi connectivity index (χ4n) is 6.13. The van der Waals surface area contributed by atoms with E-state index in [-0.39, 0.29) is 24.1 Å². The first kappa shape index (κ1) is 32.0. The van der Waals surface area contributed by atoms with Crippen LogP contribution in [0, 0.1) is 5.92 Å². The number of benzene rings is 1. The van der Waals surface area contributed by atoms with Gasteiger partial charge in [0, 0.05) is 39.3 Å². The molecule has 2 saturated heterocycles. The summed E-state index contributed by atoms with van der Waals surface area (Å²) in [6.07, 6.45) is 5.02. The summed E-state index contributed by atoms with van der Waals surface area (Å²) in [4.78, 5) is 43.8. The van der Waals surface area contributed by atoms with Gasteiger partial charge in [-0.25, -0.2) is 0 Å². The van der Waals surface area contributed by atoms with Crippen LogP contribution in [0.3, 0.4) is 0 Å². The molecule has 3 amide bonds. The summed E-state index contributed by atoms with van der Waals surface area (Å²) in [5.74, 6) is -0.742. The second-order valence-electron chi connectivity index (χ2n) is 11.5. The first-order valence-electron chi connectivity index (χ1n) is 15.1. The number of nitrogens with one attached hydrogen (secondary N) is 2. The third-order valence-corrected chi connectivity index (χ3v) is 8.64. The smallest absolute Gasteiger partial charge is 0.243 e. The van der Waals surface area contributed by atoms with Crippen molar-refractivity contribution >= 4 is 17.7 Å². The highest BCUT2D eigenvalue weighted by molar-refractivity contribution is 5.94.